The van der Waals surface area contributed by atoms with Gasteiger partial charge in [0.15, 0.2) is 11.5 Å². The summed E-state index contributed by atoms with van der Waals surface area (Å²) >= 11 is 0. The summed E-state index contributed by atoms with van der Waals surface area (Å²) in [5.74, 6) is 0.887. The molecule has 1 aromatic rings. The van der Waals surface area contributed by atoms with Gasteiger partial charge in [-0.15, -0.1) is 0 Å². The van der Waals surface area contributed by atoms with E-state index in [2.05, 4.69) is 12.2 Å². The van der Waals surface area contributed by atoms with Gasteiger partial charge < -0.3 is 15.5 Å². The lowest BCUT2D eigenvalue weighted by atomic mass is 9.83. The van der Waals surface area contributed by atoms with Gasteiger partial charge in [0.25, 0.3) is 0 Å². The van der Waals surface area contributed by atoms with Gasteiger partial charge in [0.1, 0.15) is 0 Å². The summed E-state index contributed by atoms with van der Waals surface area (Å²) in [6, 6.07) is 5.68. The third kappa shape index (κ3) is 3.87. The number of benzene rings is 1. The Labute approximate surface area is 115 Å². The molecule has 0 aliphatic heterocycles. The standard InChI is InChI=1S/C16H25NO2/c1-2-4-12-7-9-14(10-8-12)17-11-13-5-3-6-15(18)16(13)19/h3,5-6,12,14,17-19H,2,4,7-11H2,1H3. The van der Waals surface area contributed by atoms with Gasteiger partial charge in [-0.05, 0) is 37.7 Å². The molecule has 1 fully saturated rings. The first-order valence-electron chi connectivity index (χ1n) is 7.44. The van der Waals surface area contributed by atoms with Crippen LogP contribution in [0, 0.1) is 5.92 Å². The summed E-state index contributed by atoms with van der Waals surface area (Å²) in [4.78, 5) is 0. The van der Waals surface area contributed by atoms with Gasteiger partial charge in [-0.2, -0.15) is 0 Å². The first kappa shape index (κ1) is 14.2. The summed E-state index contributed by atoms with van der Waals surface area (Å²) in [5.41, 5.74) is 0.774. The van der Waals surface area contributed by atoms with Crippen molar-refractivity contribution in [2.75, 3.05) is 0 Å². The van der Waals surface area contributed by atoms with Crippen LogP contribution in [0.15, 0.2) is 18.2 Å². The molecule has 0 unspecified atom stereocenters. The third-order valence-corrected chi connectivity index (χ3v) is 4.22. The van der Waals surface area contributed by atoms with Gasteiger partial charge in [-0.3, -0.25) is 0 Å². The highest BCUT2D eigenvalue weighted by Crippen LogP contribution is 2.30. The van der Waals surface area contributed by atoms with Gasteiger partial charge in [0.2, 0.25) is 0 Å². The Morgan fingerprint density at radius 3 is 2.58 bits per heavy atom. The van der Waals surface area contributed by atoms with Gasteiger partial charge in [-0.1, -0.05) is 31.9 Å². The summed E-state index contributed by atoms with van der Waals surface area (Å²) in [6.45, 7) is 2.89. The van der Waals surface area contributed by atoms with E-state index in [0.29, 0.717) is 12.6 Å². The lowest BCUT2D eigenvalue weighted by Crippen LogP contribution is -2.32. The lowest BCUT2D eigenvalue weighted by Gasteiger charge is -2.29. The molecule has 1 aliphatic carbocycles. The quantitative estimate of drug-likeness (QED) is 0.712. The molecule has 1 aromatic carbocycles. The zero-order valence-corrected chi connectivity index (χ0v) is 11.7. The Morgan fingerprint density at radius 1 is 1.16 bits per heavy atom. The molecule has 3 heteroatoms. The van der Waals surface area contributed by atoms with Gasteiger partial charge >= 0.3 is 0 Å². The fourth-order valence-corrected chi connectivity index (χ4v) is 3.04. The molecular formula is C16H25NO2. The van der Waals surface area contributed by atoms with E-state index in [-0.39, 0.29) is 11.5 Å². The van der Waals surface area contributed by atoms with Crippen molar-refractivity contribution in [2.45, 2.75) is 58.0 Å². The van der Waals surface area contributed by atoms with Crippen LogP contribution in [-0.4, -0.2) is 16.3 Å². The summed E-state index contributed by atoms with van der Waals surface area (Å²) < 4.78 is 0. The Bertz CT molecular complexity index is 398. The lowest BCUT2D eigenvalue weighted by molar-refractivity contribution is 0.276. The molecule has 0 bridgehead atoms. The van der Waals surface area contributed by atoms with E-state index in [4.69, 9.17) is 0 Å². The average Bonchev–Trinajstić information content (AvgIpc) is 2.42. The van der Waals surface area contributed by atoms with Gasteiger partial charge in [0, 0.05) is 18.2 Å². The van der Waals surface area contributed by atoms with Crippen LogP contribution >= 0.6 is 0 Å². The Balaban J connectivity index is 1.79. The van der Waals surface area contributed by atoms with Crippen LogP contribution in [0.1, 0.15) is 51.0 Å². The van der Waals surface area contributed by atoms with E-state index in [1.54, 1.807) is 6.07 Å². The van der Waals surface area contributed by atoms with E-state index in [0.717, 1.165) is 11.5 Å². The Morgan fingerprint density at radius 2 is 1.89 bits per heavy atom. The van der Waals surface area contributed by atoms with Crippen LogP contribution in [0.4, 0.5) is 0 Å². The zero-order chi connectivity index (χ0) is 13.7. The number of para-hydroxylation sites is 1. The van der Waals surface area contributed by atoms with E-state index in [1.807, 2.05) is 6.07 Å². The van der Waals surface area contributed by atoms with Crippen LogP contribution in [0.3, 0.4) is 0 Å². The molecule has 0 saturated heterocycles. The minimum atomic E-state index is -0.0362. The highest BCUT2D eigenvalue weighted by atomic mass is 16.3. The number of hydrogen-bond donors (Lipinski definition) is 3. The second kappa shape index (κ2) is 6.80. The number of phenolic OH excluding ortho intramolecular Hbond substituents is 2. The Hall–Kier alpha value is -1.22. The first-order valence-corrected chi connectivity index (χ1v) is 7.44. The van der Waals surface area contributed by atoms with E-state index in [9.17, 15) is 10.2 Å². The monoisotopic (exact) mass is 263 g/mol. The average molecular weight is 263 g/mol. The Kier molecular flexibility index (Phi) is 5.08. The molecule has 1 aliphatic rings. The first-order chi connectivity index (χ1) is 9.20. The molecule has 19 heavy (non-hydrogen) atoms. The molecule has 0 radical (unpaired) electrons. The molecule has 2 rings (SSSR count). The normalized spacial score (nSPS) is 23.4. The van der Waals surface area contributed by atoms with Crippen molar-refractivity contribution in [1.82, 2.24) is 5.32 Å². The van der Waals surface area contributed by atoms with E-state index in [1.165, 1.54) is 44.6 Å². The topological polar surface area (TPSA) is 52.5 Å². The summed E-state index contributed by atoms with van der Waals surface area (Å²) in [7, 11) is 0. The van der Waals surface area contributed by atoms with Crippen LogP contribution in [0.2, 0.25) is 0 Å². The fraction of sp³-hybridized carbons (Fsp3) is 0.625. The maximum absolute atomic E-state index is 9.75. The third-order valence-electron chi connectivity index (χ3n) is 4.22. The molecule has 106 valence electrons. The van der Waals surface area contributed by atoms with Crippen molar-refractivity contribution < 1.29 is 10.2 Å². The molecule has 1 saturated carbocycles. The molecule has 3 nitrogen and oxygen atoms in total. The molecule has 0 aromatic heterocycles. The second-order valence-corrected chi connectivity index (χ2v) is 5.67. The molecule has 0 amide bonds. The summed E-state index contributed by atoms with van der Waals surface area (Å²) in [6.07, 6.45) is 7.74. The minimum Gasteiger partial charge on any atom is -0.504 e. The van der Waals surface area contributed by atoms with Gasteiger partial charge in [-0.25, -0.2) is 0 Å². The number of phenols is 2. The van der Waals surface area contributed by atoms with E-state index < -0.39 is 0 Å². The number of hydrogen-bond acceptors (Lipinski definition) is 3. The fourth-order valence-electron chi connectivity index (χ4n) is 3.04. The predicted octanol–water partition coefficient (Wildman–Crippen LogP) is 3.55. The molecular weight excluding hydrogens is 238 g/mol. The molecule has 3 N–H and O–H groups in total. The zero-order valence-electron chi connectivity index (χ0n) is 11.7. The van der Waals surface area contributed by atoms with Crippen molar-refractivity contribution >= 4 is 0 Å². The number of aromatic hydroxyl groups is 2. The maximum atomic E-state index is 9.75. The van der Waals surface area contributed by atoms with Crippen LogP contribution in [0.5, 0.6) is 11.5 Å². The van der Waals surface area contributed by atoms with Crippen LogP contribution < -0.4 is 5.32 Å². The predicted molar refractivity (Wildman–Crippen MR) is 77.3 cm³/mol. The molecule has 0 atom stereocenters. The summed E-state index contributed by atoms with van der Waals surface area (Å²) in [5, 5.41) is 22.7. The van der Waals surface area contributed by atoms with Crippen LogP contribution in [0.25, 0.3) is 0 Å². The molecule has 0 heterocycles. The van der Waals surface area contributed by atoms with Crippen molar-refractivity contribution in [3.63, 3.8) is 0 Å². The van der Waals surface area contributed by atoms with Crippen molar-refractivity contribution in [1.29, 1.82) is 0 Å². The number of nitrogens with one attached hydrogen (secondary N) is 1. The van der Waals surface area contributed by atoms with Crippen molar-refractivity contribution in [3.05, 3.63) is 23.8 Å². The minimum absolute atomic E-state index is 0.00895. The highest BCUT2D eigenvalue weighted by Gasteiger charge is 2.20. The van der Waals surface area contributed by atoms with E-state index >= 15 is 0 Å². The van der Waals surface area contributed by atoms with Crippen molar-refractivity contribution in [3.8, 4) is 11.5 Å². The van der Waals surface area contributed by atoms with Crippen LogP contribution in [-0.2, 0) is 6.54 Å². The van der Waals surface area contributed by atoms with Gasteiger partial charge in [0.05, 0.1) is 0 Å². The number of rotatable bonds is 5. The highest BCUT2D eigenvalue weighted by molar-refractivity contribution is 5.44. The maximum Gasteiger partial charge on any atom is 0.161 e. The van der Waals surface area contributed by atoms with Crippen molar-refractivity contribution in [2.24, 2.45) is 5.92 Å². The smallest absolute Gasteiger partial charge is 0.161 e. The second-order valence-electron chi connectivity index (χ2n) is 5.67. The molecule has 0 spiro atoms. The SMILES string of the molecule is CCCC1CCC(NCc2cccc(O)c2O)CC1. The largest absolute Gasteiger partial charge is 0.504 e.